The molecule has 0 radical (unpaired) electrons. The molecule has 0 aliphatic heterocycles. The Kier molecular flexibility index (Phi) is 10.5. The largest absolute Gasteiger partial charge is 0.459 e. The number of hydrogen-bond acceptors (Lipinski definition) is 2. The molecular formula is C18H34O2. The first-order chi connectivity index (χ1) is 9.40. The van der Waals surface area contributed by atoms with Crippen LogP contribution in [0.1, 0.15) is 79.6 Å². The molecule has 0 saturated carbocycles. The molecule has 0 amide bonds. The Bertz CT molecular complexity index is 281. The monoisotopic (exact) mass is 282 g/mol. The smallest absolute Gasteiger partial charge is 0.333 e. The number of rotatable bonds is 11. The van der Waals surface area contributed by atoms with Crippen molar-refractivity contribution in [3.8, 4) is 0 Å². The molecular weight excluding hydrogens is 248 g/mol. The molecule has 2 heteroatoms. The summed E-state index contributed by atoms with van der Waals surface area (Å²) in [7, 11) is 0. The highest BCUT2D eigenvalue weighted by Gasteiger charge is 2.18. The van der Waals surface area contributed by atoms with Gasteiger partial charge in [0.1, 0.15) is 6.10 Å². The Hall–Kier alpha value is -0.790. The van der Waals surface area contributed by atoms with Gasteiger partial charge in [-0.2, -0.15) is 0 Å². The number of esters is 1. The first-order valence-corrected chi connectivity index (χ1v) is 8.27. The van der Waals surface area contributed by atoms with Crippen molar-refractivity contribution >= 4 is 5.97 Å². The highest BCUT2D eigenvalue weighted by atomic mass is 16.5. The Balaban J connectivity index is 4.33. The summed E-state index contributed by atoms with van der Waals surface area (Å²) < 4.78 is 5.58. The van der Waals surface area contributed by atoms with Gasteiger partial charge >= 0.3 is 5.97 Å². The van der Waals surface area contributed by atoms with Crippen molar-refractivity contribution in [2.24, 2.45) is 11.8 Å². The van der Waals surface area contributed by atoms with E-state index in [-0.39, 0.29) is 12.1 Å². The number of ether oxygens (including phenoxy) is 1. The van der Waals surface area contributed by atoms with Gasteiger partial charge in [-0.05, 0) is 38.0 Å². The van der Waals surface area contributed by atoms with E-state index in [1.165, 1.54) is 25.7 Å². The third kappa shape index (κ3) is 9.17. The summed E-state index contributed by atoms with van der Waals surface area (Å²) in [5.41, 5.74) is 0.497. The molecule has 0 saturated heterocycles. The van der Waals surface area contributed by atoms with Gasteiger partial charge in [-0.15, -0.1) is 0 Å². The van der Waals surface area contributed by atoms with Crippen LogP contribution in [0.4, 0.5) is 0 Å². The molecule has 118 valence electrons. The number of carbonyl (C=O) groups is 1. The lowest BCUT2D eigenvalue weighted by Gasteiger charge is -2.22. The molecule has 0 aromatic heterocycles. The van der Waals surface area contributed by atoms with Crippen LogP contribution in [0, 0.1) is 11.8 Å². The molecule has 0 aliphatic carbocycles. The molecule has 2 atom stereocenters. The lowest BCUT2D eigenvalue weighted by molar-refractivity contribution is -0.145. The Morgan fingerprint density at radius 1 is 1.15 bits per heavy atom. The summed E-state index contributed by atoms with van der Waals surface area (Å²) in [6.07, 6.45) is 8.24. The van der Waals surface area contributed by atoms with Crippen LogP contribution in [0.2, 0.25) is 0 Å². The first-order valence-electron chi connectivity index (χ1n) is 8.27. The van der Waals surface area contributed by atoms with Crippen LogP contribution < -0.4 is 0 Å². The zero-order valence-corrected chi connectivity index (χ0v) is 14.2. The summed E-state index contributed by atoms with van der Waals surface area (Å²) >= 11 is 0. The second-order valence-electron chi connectivity index (χ2n) is 6.43. The molecule has 2 nitrogen and oxygen atoms in total. The second-order valence-corrected chi connectivity index (χ2v) is 6.43. The van der Waals surface area contributed by atoms with Gasteiger partial charge in [0.25, 0.3) is 0 Å². The van der Waals surface area contributed by atoms with Crippen LogP contribution in [-0.2, 0) is 9.53 Å². The third-order valence-electron chi connectivity index (χ3n) is 3.80. The maximum atomic E-state index is 11.7. The van der Waals surface area contributed by atoms with Gasteiger partial charge in [0.2, 0.25) is 0 Å². The molecule has 0 heterocycles. The average Bonchev–Trinajstić information content (AvgIpc) is 2.37. The SMILES string of the molecule is C=C(C)C(=O)OC(CCC(CC)CCCC)CC(C)C. The van der Waals surface area contributed by atoms with Crippen LogP contribution in [0.5, 0.6) is 0 Å². The van der Waals surface area contributed by atoms with Crippen LogP contribution >= 0.6 is 0 Å². The van der Waals surface area contributed by atoms with Gasteiger partial charge in [0.05, 0.1) is 0 Å². The predicted molar refractivity (Wildman–Crippen MR) is 86.7 cm³/mol. The summed E-state index contributed by atoms with van der Waals surface area (Å²) in [4.78, 5) is 11.7. The molecule has 0 spiro atoms. The van der Waals surface area contributed by atoms with E-state index in [1.54, 1.807) is 6.92 Å². The topological polar surface area (TPSA) is 26.3 Å². The standard InChI is InChI=1S/C18H34O2/c1-7-9-10-16(8-2)11-12-17(13-14(3)4)20-18(19)15(5)6/h14,16-17H,5,7-13H2,1-4,6H3. The summed E-state index contributed by atoms with van der Waals surface area (Å²) in [5.74, 6) is 1.08. The quantitative estimate of drug-likeness (QED) is 0.368. The van der Waals surface area contributed by atoms with Gasteiger partial charge < -0.3 is 4.74 Å². The van der Waals surface area contributed by atoms with Crippen LogP contribution in [0.25, 0.3) is 0 Å². The van der Waals surface area contributed by atoms with Gasteiger partial charge in [-0.1, -0.05) is 60.0 Å². The number of unbranched alkanes of at least 4 members (excludes halogenated alkanes) is 1. The molecule has 0 rings (SSSR count). The maximum Gasteiger partial charge on any atom is 0.333 e. The van der Waals surface area contributed by atoms with Crippen LogP contribution in [0.3, 0.4) is 0 Å². The number of carbonyl (C=O) groups excluding carboxylic acids is 1. The molecule has 20 heavy (non-hydrogen) atoms. The molecule has 0 fully saturated rings. The summed E-state index contributed by atoms with van der Waals surface area (Å²) in [5, 5.41) is 0. The van der Waals surface area contributed by atoms with Crippen molar-refractivity contribution < 1.29 is 9.53 Å². The zero-order valence-electron chi connectivity index (χ0n) is 14.2. The average molecular weight is 282 g/mol. The summed E-state index contributed by atoms with van der Waals surface area (Å²) in [6.45, 7) is 14.2. The fraction of sp³-hybridized carbons (Fsp3) is 0.833. The lowest BCUT2D eigenvalue weighted by atomic mass is 9.91. The van der Waals surface area contributed by atoms with Crippen molar-refractivity contribution in [3.63, 3.8) is 0 Å². The van der Waals surface area contributed by atoms with E-state index in [0.29, 0.717) is 11.5 Å². The molecule has 0 bridgehead atoms. The third-order valence-corrected chi connectivity index (χ3v) is 3.80. The maximum absolute atomic E-state index is 11.7. The Morgan fingerprint density at radius 2 is 1.80 bits per heavy atom. The van der Waals surface area contributed by atoms with Crippen molar-refractivity contribution in [1.82, 2.24) is 0 Å². The van der Waals surface area contributed by atoms with Gasteiger partial charge in [0, 0.05) is 5.57 Å². The van der Waals surface area contributed by atoms with E-state index in [0.717, 1.165) is 25.2 Å². The van der Waals surface area contributed by atoms with E-state index in [9.17, 15) is 4.79 Å². The van der Waals surface area contributed by atoms with Gasteiger partial charge in [-0.25, -0.2) is 4.79 Å². The first kappa shape index (κ1) is 19.2. The van der Waals surface area contributed by atoms with E-state index < -0.39 is 0 Å². The Labute approximate surface area is 126 Å². The Morgan fingerprint density at radius 3 is 2.25 bits per heavy atom. The minimum absolute atomic E-state index is 0.0508. The van der Waals surface area contributed by atoms with Gasteiger partial charge in [0.15, 0.2) is 0 Å². The lowest BCUT2D eigenvalue weighted by Crippen LogP contribution is -2.21. The molecule has 2 unspecified atom stereocenters. The minimum atomic E-state index is -0.239. The number of hydrogen-bond donors (Lipinski definition) is 0. The van der Waals surface area contributed by atoms with E-state index in [4.69, 9.17) is 4.74 Å². The highest BCUT2D eigenvalue weighted by molar-refractivity contribution is 5.87. The van der Waals surface area contributed by atoms with Crippen LogP contribution in [-0.4, -0.2) is 12.1 Å². The van der Waals surface area contributed by atoms with Gasteiger partial charge in [-0.3, -0.25) is 0 Å². The van der Waals surface area contributed by atoms with Crippen molar-refractivity contribution in [3.05, 3.63) is 12.2 Å². The molecule has 0 aliphatic rings. The fourth-order valence-corrected chi connectivity index (χ4v) is 2.47. The molecule has 0 aromatic rings. The van der Waals surface area contributed by atoms with Crippen molar-refractivity contribution in [2.75, 3.05) is 0 Å². The molecule has 0 N–H and O–H groups in total. The van der Waals surface area contributed by atoms with E-state index in [2.05, 4.69) is 34.3 Å². The fourth-order valence-electron chi connectivity index (χ4n) is 2.47. The minimum Gasteiger partial charge on any atom is -0.459 e. The molecule has 0 aromatic carbocycles. The highest BCUT2D eigenvalue weighted by Crippen LogP contribution is 2.23. The zero-order chi connectivity index (χ0) is 15.5. The second kappa shape index (κ2) is 10.9. The normalized spacial score (nSPS) is 14.1. The van der Waals surface area contributed by atoms with E-state index >= 15 is 0 Å². The van der Waals surface area contributed by atoms with Crippen molar-refractivity contribution in [1.29, 1.82) is 0 Å². The predicted octanol–water partition coefficient (Wildman–Crippen LogP) is 5.52. The van der Waals surface area contributed by atoms with Crippen molar-refractivity contribution in [2.45, 2.75) is 85.7 Å². The summed E-state index contributed by atoms with van der Waals surface area (Å²) in [6, 6.07) is 0. The van der Waals surface area contributed by atoms with Crippen LogP contribution in [0.15, 0.2) is 12.2 Å². The van der Waals surface area contributed by atoms with E-state index in [1.807, 2.05) is 0 Å².